The minimum atomic E-state index is -4.66. The summed E-state index contributed by atoms with van der Waals surface area (Å²) in [6.07, 6.45) is -4.61. The lowest BCUT2D eigenvalue weighted by atomic mass is 10.1. The Morgan fingerprint density at radius 2 is 2.04 bits per heavy atom. The maximum absolute atomic E-state index is 12.8. The first kappa shape index (κ1) is 20.9. The number of piperazine rings is 1. The van der Waals surface area contributed by atoms with Crippen LogP contribution in [0.25, 0.3) is 0 Å². The Kier molecular flexibility index (Phi) is 5.93. The second-order valence-corrected chi connectivity index (χ2v) is 7.11. The molecule has 11 heteroatoms. The van der Waals surface area contributed by atoms with E-state index in [1.165, 1.54) is 9.80 Å². The lowest BCUT2D eigenvalue weighted by Gasteiger charge is -2.41. The Bertz CT molecular complexity index is 706. The Morgan fingerprint density at radius 3 is 2.56 bits per heavy atom. The monoisotopic (exact) mass is 390 g/mol. The van der Waals surface area contributed by atoms with E-state index >= 15 is 0 Å². The van der Waals surface area contributed by atoms with E-state index in [1.54, 1.807) is 20.8 Å². The van der Waals surface area contributed by atoms with Crippen LogP contribution in [0.5, 0.6) is 0 Å². The van der Waals surface area contributed by atoms with Gasteiger partial charge in [0, 0.05) is 25.8 Å². The zero-order valence-corrected chi connectivity index (χ0v) is 15.2. The third-order valence-corrected chi connectivity index (χ3v) is 3.89. The van der Waals surface area contributed by atoms with E-state index in [2.05, 4.69) is 10.2 Å². The Hall–Kier alpha value is -2.43. The van der Waals surface area contributed by atoms with Crippen LogP contribution >= 0.6 is 0 Å². The molecular formula is C16H21F3N4O4. The number of pyridine rings is 1. The fourth-order valence-corrected chi connectivity index (χ4v) is 2.67. The minimum Gasteiger partial charge on any atom is -0.444 e. The lowest BCUT2D eigenvalue weighted by Crippen LogP contribution is -2.57. The number of ether oxygens (including phenoxy) is 1. The Balaban J connectivity index is 2.23. The minimum absolute atomic E-state index is 0.0619. The van der Waals surface area contributed by atoms with Crippen molar-refractivity contribution in [2.75, 3.05) is 31.1 Å². The molecule has 0 radical (unpaired) electrons. The molecule has 1 aromatic rings. The highest BCUT2D eigenvalue weighted by atomic mass is 19.4. The van der Waals surface area contributed by atoms with E-state index in [0.717, 1.165) is 0 Å². The zero-order valence-electron chi connectivity index (χ0n) is 15.2. The van der Waals surface area contributed by atoms with Crippen molar-refractivity contribution in [2.45, 2.75) is 38.6 Å². The van der Waals surface area contributed by atoms with Gasteiger partial charge in [-0.15, -0.1) is 4.91 Å². The predicted octanol–water partition coefficient (Wildman–Crippen LogP) is 2.92. The Labute approximate surface area is 153 Å². The van der Waals surface area contributed by atoms with Crippen molar-refractivity contribution in [3.05, 3.63) is 22.7 Å². The number of nitrogens with zero attached hydrogens (tertiary/aromatic N) is 4. The van der Waals surface area contributed by atoms with E-state index in [4.69, 9.17) is 4.74 Å². The molecule has 1 saturated heterocycles. The number of hydrogen-bond acceptors (Lipinski definition) is 7. The summed E-state index contributed by atoms with van der Waals surface area (Å²) < 4.78 is 43.7. The zero-order chi connectivity index (χ0) is 20.4. The van der Waals surface area contributed by atoms with Gasteiger partial charge in [-0.25, -0.2) is 9.78 Å². The standard InChI is InChI=1S/C16H21F3N4O4/c1-15(2,3)27-14(25)22-4-5-23(11(8-22)9-24)13-12(21-26)6-10(7-20-13)16(17,18)19/h6-7,11,24H,4-5,8-9H2,1-3H3. The van der Waals surface area contributed by atoms with Gasteiger partial charge in [-0.1, -0.05) is 0 Å². The SMILES string of the molecule is CC(C)(C)OC(=O)N1CCN(c2ncc(C(F)(F)F)cc2N=O)C(CO)C1. The number of rotatable bonds is 3. The highest BCUT2D eigenvalue weighted by molar-refractivity contribution is 5.69. The topological polar surface area (TPSA) is 95.3 Å². The van der Waals surface area contributed by atoms with Crippen molar-refractivity contribution < 1.29 is 27.8 Å². The molecule has 1 atom stereocenters. The molecule has 1 fully saturated rings. The molecule has 1 unspecified atom stereocenters. The number of alkyl halides is 3. The molecule has 1 aliphatic heterocycles. The molecule has 0 saturated carbocycles. The molecule has 2 rings (SSSR count). The van der Waals surface area contributed by atoms with Gasteiger partial charge in [-0.2, -0.15) is 13.2 Å². The normalized spacial score (nSPS) is 18.4. The average molecular weight is 390 g/mol. The molecule has 150 valence electrons. The van der Waals surface area contributed by atoms with Crippen LogP contribution in [0.1, 0.15) is 26.3 Å². The molecule has 2 heterocycles. The molecule has 1 amide bonds. The average Bonchev–Trinajstić information content (AvgIpc) is 2.58. The second-order valence-electron chi connectivity index (χ2n) is 7.11. The number of aromatic nitrogens is 1. The van der Waals surface area contributed by atoms with Crippen LogP contribution in [0, 0.1) is 4.91 Å². The third-order valence-electron chi connectivity index (χ3n) is 3.89. The highest BCUT2D eigenvalue weighted by Crippen LogP contribution is 2.36. The van der Waals surface area contributed by atoms with Crippen LogP contribution in [0.4, 0.5) is 29.5 Å². The molecule has 0 bridgehead atoms. The summed E-state index contributed by atoms with van der Waals surface area (Å²) in [5.74, 6) is -0.0686. The summed E-state index contributed by atoms with van der Waals surface area (Å²) in [5.41, 5.74) is -2.25. The lowest BCUT2D eigenvalue weighted by molar-refractivity contribution is -0.137. The van der Waals surface area contributed by atoms with Gasteiger partial charge >= 0.3 is 12.3 Å². The van der Waals surface area contributed by atoms with Crippen molar-refractivity contribution in [1.29, 1.82) is 0 Å². The first-order valence-corrected chi connectivity index (χ1v) is 8.22. The van der Waals surface area contributed by atoms with Gasteiger partial charge in [0.2, 0.25) is 0 Å². The number of carbonyl (C=O) groups excluding carboxylic acids is 1. The van der Waals surface area contributed by atoms with Crippen LogP contribution < -0.4 is 4.90 Å². The number of carbonyl (C=O) groups is 1. The van der Waals surface area contributed by atoms with Gasteiger partial charge in [0.1, 0.15) is 5.60 Å². The number of aliphatic hydroxyl groups is 1. The molecule has 1 aromatic heterocycles. The van der Waals surface area contributed by atoms with E-state index < -0.39 is 41.8 Å². The summed E-state index contributed by atoms with van der Waals surface area (Å²) in [6, 6.07) is -0.0553. The van der Waals surface area contributed by atoms with Crippen molar-refractivity contribution in [2.24, 2.45) is 5.18 Å². The van der Waals surface area contributed by atoms with Gasteiger partial charge in [-0.05, 0) is 32.0 Å². The number of anilines is 1. The number of amides is 1. The molecule has 0 spiro atoms. The summed E-state index contributed by atoms with van der Waals surface area (Å²) >= 11 is 0. The first-order valence-electron chi connectivity index (χ1n) is 8.22. The molecule has 0 aliphatic carbocycles. The van der Waals surface area contributed by atoms with Gasteiger partial charge in [0.05, 0.1) is 18.2 Å². The van der Waals surface area contributed by atoms with E-state index in [-0.39, 0.29) is 25.5 Å². The van der Waals surface area contributed by atoms with Crippen molar-refractivity contribution in [3.8, 4) is 0 Å². The number of halogens is 3. The van der Waals surface area contributed by atoms with Gasteiger partial charge in [-0.3, -0.25) is 0 Å². The third kappa shape index (κ3) is 5.06. The summed E-state index contributed by atoms with van der Waals surface area (Å²) in [4.78, 5) is 29.8. The second kappa shape index (κ2) is 7.67. The molecule has 1 N–H and O–H groups in total. The quantitative estimate of drug-likeness (QED) is 0.798. The number of aliphatic hydroxyl groups excluding tert-OH is 1. The maximum atomic E-state index is 12.8. The number of hydrogen-bond donors (Lipinski definition) is 1. The largest absolute Gasteiger partial charge is 0.444 e. The van der Waals surface area contributed by atoms with Crippen LogP contribution in [0.2, 0.25) is 0 Å². The molecule has 1 aliphatic rings. The maximum Gasteiger partial charge on any atom is 0.417 e. The fourth-order valence-electron chi connectivity index (χ4n) is 2.67. The van der Waals surface area contributed by atoms with Crippen LogP contribution in [-0.4, -0.2) is 59.0 Å². The molecule has 27 heavy (non-hydrogen) atoms. The number of nitroso groups, excluding NO2 is 1. The van der Waals surface area contributed by atoms with E-state index in [0.29, 0.717) is 12.3 Å². The van der Waals surface area contributed by atoms with Crippen LogP contribution in [0.3, 0.4) is 0 Å². The Morgan fingerprint density at radius 1 is 1.37 bits per heavy atom. The molecule has 8 nitrogen and oxygen atoms in total. The van der Waals surface area contributed by atoms with Crippen LogP contribution in [0.15, 0.2) is 17.4 Å². The predicted molar refractivity (Wildman–Crippen MR) is 90.7 cm³/mol. The fraction of sp³-hybridized carbons (Fsp3) is 0.625. The van der Waals surface area contributed by atoms with Crippen LogP contribution in [-0.2, 0) is 10.9 Å². The van der Waals surface area contributed by atoms with E-state index in [1.807, 2.05) is 0 Å². The smallest absolute Gasteiger partial charge is 0.417 e. The van der Waals surface area contributed by atoms with Crippen molar-refractivity contribution >= 4 is 17.6 Å². The van der Waals surface area contributed by atoms with Crippen molar-refractivity contribution in [3.63, 3.8) is 0 Å². The first-order chi connectivity index (χ1) is 12.5. The summed E-state index contributed by atoms with van der Waals surface area (Å²) in [5, 5.41) is 12.3. The highest BCUT2D eigenvalue weighted by Gasteiger charge is 2.36. The van der Waals surface area contributed by atoms with E-state index in [9.17, 15) is 28.0 Å². The summed E-state index contributed by atoms with van der Waals surface area (Å²) in [7, 11) is 0. The van der Waals surface area contributed by atoms with Gasteiger partial charge in [0.25, 0.3) is 0 Å². The van der Waals surface area contributed by atoms with Gasteiger partial charge in [0.15, 0.2) is 11.5 Å². The molecular weight excluding hydrogens is 369 g/mol. The molecule has 0 aromatic carbocycles. The van der Waals surface area contributed by atoms with Crippen molar-refractivity contribution in [1.82, 2.24) is 9.88 Å². The summed E-state index contributed by atoms with van der Waals surface area (Å²) in [6.45, 7) is 5.15. The van der Waals surface area contributed by atoms with Gasteiger partial charge < -0.3 is 19.6 Å².